The van der Waals surface area contributed by atoms with Gasteiger partial charge in [0.05, 0.1) is 11.3 Å². The van der Waals surface area contributed by atoms with E-state index in [4.69, 9.17) is 5.73 Å². The summed E-state index contributed by atoms with van der Waals surface area (Å²) in [5.41, 5.74) is 4.77. The van der Waals surface area contributed by atoms with Crippen molar-refractivity contribution in [2.45, 2.75) is 0 Å². The van der Waals surface area contributed by atoms with Gasteiger partial charge in [-0.25, -0.2) is 18.7 Å². The molecule has 0 aliphatic rings. The fraction of sp³-hybridized carbons (Fsp3) is 0. The van der Waals surface area contributed by atoms with Gasteiger partial charge in [0.25, 0.3) is 0 Å². The van der Waals surface area contributed by atoms with Gasteiger partial charge in [-0.3, -0.25) is 0 Å². The van der Waals surface area contributed by atoms with E-state index < -0.39 is 17.3 Å². The van der Waals surface area contributed by atoms with Crippen molar-refractivity contribution < 1.29 is 13.6 Å². The first-order valence-corrected chi connectivity index (χ1v) is 3.83. The summed E-state index contributed by atoms with van der Waals surface area (Å²) in [5.74, 6) is 0. The average molecular weight is 189 g/mol. The minimum Gasteiger partial charge on any atom is -0.754 e. The summed E-state index contributed by atoms with van der Waals surface area (Å²) in [7, 11) is 0. The predicted molar refractivity (Wildman–Crippen MR) is 38.9 cm³/mol. The fourth-order valence-electron chi connectivity index (χ4n) is 0.624. The van der Waals surface area contributed by atoms with Crippen LogP contribution in [0.1, 0.15) is 0 Å². The van der Waals surface area contributed by atoms with Gasteiger partial charge in [0.1, 0.15) is 6.33 Å². The van der Waals surface area contributed by atoms with E-state index in [0.717, 1.165) is 11.0 Å². The number of primary amides is 1. The van der Waals surface area contributed by atoms with E-state index in [2.05, 4.69) is 4.98 Å². The molecule has 1 unspecified atom stereocenters. The molecule has 0 fully saturated rings. The quantitative estimate of drug-likeness (QED) is 0.583. The Bertz CT molecular complexity index is 283. The lowest BCUT2D eigenvalue weighted by atomic mass is 10.9. The number of aromatic nitrogens is 2. The lowest BCUT2D eigenvalue weighted by Crippen LogP contribution is -2.44. The number of carbonyl (C=O) groups excluding carboxylic acids is 1. The number of rotatable bonds is 2. The molecule has 0 bridgehead atoms. The number of imidazole rings is 1. The van der Waals surface area contributed by atoms with Crippen molar-refractivity contribution >= 4 is 17.3 Å². The Morgan fingerprint density at radius 2 is 2.42 bits per heavy atom. The molecule has 1 rings (SSSR count). The van der Waals surface area contributed by atoms with Gasteiger partial charge in [0.2, 0.25) is 0 Å². The first kappa shape index (κ1) is 8.68. The van der Waals surface area contributed by atoms with Crippen LogP contribution in [0.5, 0.6) is 0 Å². The standard InChI is InChI=1S/C4H6N4O3S/c5-4(9)8(12(10)11)7-2-1-6-3-7/h1-3H,(H2,5,9)(H,10,11)/p-1. The third kappa shape index (κ3) is 1.60. The molecule has 12 heavy (non-hydrogen) atoms. The summed E-state index contributed by atoms with van der Waals surface area (Å²) in [5, 5.41) is 0. The lowest BCUT2D eigenvalue weighted by Gasteiger charge is -2.21. The number of urea groups is 1. The Morgan fingerprint density at radius 1 is 1.75 bits per heavy atom. The molecule has 66 valence electrons. The fourth-order valence-corrected chi connectivity index (χ4v) is 1.02. The molecule has 0 saturated heterocycles. The summed E-state index contributed by atoms with van der Waals surface area (Å²) in [6.07, 6.45) is 3.74. The normalized spacial score (nSPS) is 12.4. The molecular weight excluding hydrogens is 184 g/mol. The molecule has 2 amide bonds. The van der Waals surface area contributed by atoms with Crippen molar-refractivity contribution in [1.29, 1.82) is 0 Å². The zero-order valence-electron chi connectivity index (χ0n) is 5.78. The van der Waals surface area contributed by atoms with Crippen molar-refractivity contribution in [3.63, 3.8) is 0 Å². The third-order valence-corrected chi connectivity index (χ3v) is 1.68. The van der Waals surface area contributed by atoms with E-state index in [1.54, 1.807) is 0 Å². The molecule has 8 heteroatoms. The van der Waals surface area contributed by atoms with Gasteiger partial charge in [-0.1, -0.05) is 0 Å². The Morgan fingerprint density at radius 3 is 2.75 bits per heavy atom. The van der Waals surface area contributed by atoms with Crippen LogP contribution in [0.3, 0.4) is 0 Å². The number of amides is 2. The summed E-state index contributed by atoms with van der Waals surface area (Å²) in [4.78, 5) is 14.1. The second kappa shape index (κ2) is 3.32. The molecule has 0 spiro atoms. The number of nitrogens with zero attached hydrogens (tertiary/aromatic N) is 3. The van der Waals surface area contributed by atoms with Gasteiger partial charge in [0, 0.05) is 12.4 Å². The molecule has 0 aliphatic carbocycles. The largest absolute Gasteiger partial charge is 0.754 e. The predicted octanol–water partition coefficient (Wildman–Crippen LogP) is -1.31. The summed E-state index contributed by atoms with van der Waals surface area (Å²) < 4.78 is 22.1. The number of hydrogen-bond acceptors (Lipinski definition) is 4. The van der Waals surface area contributed by atoms with E-state index in [-0.39, 0.29) is 0 Å². The highest BCUT2D eigenvalue weighted by Crippen LogP contribution is 1.92. The highest BCUT2D eigenvalue weighted by Gasteiger charge is 2.10. The molecule has 1 heterocycles. The average Bonchev–Trinajstić information content (AvgIpc) is 2.37. The minimum absolute atomic E-state index is 0.326. The lowest BCUT2D eigenvalue weighted by molar-refractivity contribution is 0.253. The van der Waals surface area contributed by atoms with Crippen LogP contribution in [-0.2, 0) is 11.3 Å². The second-order valence-corrected chi connectivity index (χ2v) is 2.55. The first-order chi connectivity index (χ1) is 5.63. The van der Waals surface area contributed by atoms with Crippen molar-refractivity contribution in [3.8, 4) is 0 Å². The molecule has 7 nitrogen and oxygen atoms in total. The van der Waals surface area contributed by atoms with Crippen LogP contribution in [0, 0.1) is 0 Å². The number of hydrogen-bond donors (Lipinski definition) is 1. The summed E-state index contributed by atoms with van der Waals surface area (Å²) in [6, 6.07) is -1.10. The monoisotopic (exact) mass is 189 g/mol. The van der Waals surface area contributed by atoms with Crippen LogP contribution >= 0.6 is 0 Å². The van der Waals surface area contributed by atoms with E-state index in [9.17, 15) is 13.6 Å². The first-order valence-electron chi connectivity index (χ1n) is 2.80. The van der Waals surface area contributed by atoms with Crippen LogP contribution in [0.15, 0.2) is 18.7 Å². The third-order valence-electron chi connectivity index (χ3n) is 1.03. The maximum absolute atomic E-state index is 10.5. The van der Waals surface area contributed by atoms with Gasteiger partial charge in [-0.05, 0) is 0 Å². The second-order valence-electron chi connectivity index (χ2n) is 1.77. The summed E-state index contributed by atoms with van der Waals surface area (Å²) in [6.45, 7) is 0. The van der Waals surface area contributed by atoms with Gasteiger partial charge >= 0.3 is 6.03 Å². The molecule has 0 saturated carbocycles. The Labute approximate surface area is 70.2 Å². The topological polar surface area (TPSA) is 104 Å². The van der Waals surface area contributed by atoms with E-state index >= 15 is 0 Å². The van der Waals surface area contributed by atoms with Crippen LogP contribution in [0.4, 0.5) is 4.79 Å². The zero-order chi connectivity index (χ0) is 9.14. The number of carbonyl (C=O) groups is 1. The molecule has 2 N–H and O–H groups in total. The zero-order valence-corrected chi connectivity index (χ0v) is 6.60. The van der Waals surface area contributed by atoms with Crippen LogP contribution in [-0.4, -0.2) is 24.5 Å². The van der Waals surface area contributed by atoms with Gasteiger partial charge in [0.15, 0.2) is 0 Å². The maximum Gasteiger partial charge on any atom is 0.345 e. The Hall–Kier alpha value is -1.41. The summed E-state index contributed by atoms with van der Waals surface area (Å²) >= 11 is -2.73. The minimum atomic E-state index is -2.73. The smallest absolute Gasteiger partial charge is 0.345 e. The van der Waals surface area contributed by atoms with Gasteiger partial charge in [-0.15, -0.1) is 0 Å². The molecule has 1 atom stereocenters. The Kier molecular flexibility index (Phi) is 2.41. The van der Waals surface area contributed by atoms with Crippen LogP contribution in [0.25, 0.3) is 0 Å². The maximum atomic E-state index is 10.5. The van der Waals surface area contributed by atoms with Crippen molar-refractivity contribution in [2.75, 3.05) is 4.41 Å². The van der Waals surface area contributed by atoms with Crippen molar-refractivity contribution in [2.24, 2.45) is 5.73 Å². The molecule has 1 aromatic rings. The van der Waals surface area contributed by atoms with Crippen LogP contribution < -0.4 is 10.1 Å². The van der Waals surface area contributed by atoms with Crippen LogP contribution in [0.2, 0.25) is 0 Å². The molecule has 0 aromatic carbocycles. The van der Waals surface area contributed by atoms with Gasteiger partial charge < -0.3 is 10.3 Å². The molecule has 1 aromatic heterocycles. The SMILES string of the molecule is NC(=O)N(n1ccnc1)S(=O)[O-]. The molecule has 0 aliphatic heterocycles. The van der Waals surface area contributed by atoms with Gasteiger partial charge in [-0.2, -0.15) is 4.41 Å². The highest BCUT2D eigenvalue weighted by atomic mass is 32.2. The Balaban J connectivity index is 2.96. The van der Waals surface area contributed by atoms with E-state index in [1.807, 2.05) is 0 Å². The molecular formula is C4H5N4O3S-. The van der Waals surface area contributed by atoms with E-state index in [1.165, 1.54) is 12.4 Å². The van der Waals surface area contributed by atoms with Crippen molar-refractivity contribution in [1.82, 2.24) is 9.66 Å². The van der Waals surface area contributed by atoms with Crippen molar-refractivity contribution in [3.05, 3.63) is 18.7 Å². The van der Waals surface area contributed by atoms with E-state index in [0.29, 0.717) is 4.41 Å². The highest BCUT2D eigenvalue weighted by molar-refractivity contribution is 7.81. The molecule has 0 radical (unpaired) electrons. The number of nitrogens with two attached hydrogens (primary N) is 1.